The van der Waals surface area contributed by atoms with Crippen LogP contribution in [0.2, 0.25) is 0 Å². The van der Waals surface area contributed by atoms with Crippen molar-refractivity contribution in [3.8, 4) is 0 Å². The molecule has 2 N–H and O–H groups in total. The Balaban J connectivity index is 1.41. The molecule has 3 amide bonds. The first-order valence-electron chi connectivity index (χ1n) is 14.1. The van der Waals surface area contributed by atoms with Crippen LogP contribution >= 0.6 is 34.7 Å². The summed E-state index contributed by atoms with van der Waals surface area (Å²) in [5.41, 5.74) is 1.81. The molecule has 0 saturated carbocycles. The van der Waals surface area contributed by atoms with Gasteiger partial charge in [-0.25, -0.2) is 9.78 Å². The number of carbonyl (C=O) groups is 4. The molecular formula is C31H29ClN6O7S2. The second-order valence-electron chi connectivity index (χ2n) is 10.00. The van der Waals surface area contributed by atoms with Crippen LogP contribution in [0.5, 0.6) is 0 Å². The largest absolute Gasteiger partial charge is 0.448 e. The lowest BCUT2D eigenvalue weighted by Crippen LogP contribution is -2.71. The molecule has 5 rings (SSSR count). The fourth-order valence-electron chi connectivity index (χ4n) is 4.92. The topological polar surface area (TPSA) is 161 Å². The fraction of sp³-hybridized carbons (Fsp3) is 0.258. The second kappa shape index (κ2) is 15.2. The number of thioether (sulfide) groups is 1. The van der Waals surface area contributed by atoms with E-state index in [-0.39, 0.29) is 33.4 Å². The molecule has 2 aromatic carbocycles. The van der Waals surface area contributed by atoms with Crippen molar-refractivity contribution in [1.29, 1.82) is 0 Å². The van der Waals surface area contributed by atoms with Crippen molar-refractivity contribution >= 4 is 75.4 Å². The number of oxime groups is 2. The molecule has 1 fully saturated rings. The zero-order chi connectivity index (χ0) is 33.5. The van der Waals surface area contributed by atoms with E-state index < -0.39 is 41.2 Å². The van der Waals surface area contributed by atoms with Crippen LogP contribution in [-0.2, 0) is 33.6 Å². The summed E-state index contributed by atoms with van der Waals surface area (Å²) in [6.45, 7) is 1.85. The highest BCUT2D eigenvalue weighted by molar-refractivity contribution is 8.00. The molecule has 244 valence electrons. The highest BCUT2D eigenvalue weighted by atomic mass is 35.5. The molecule has 3 aromatic rings. The number of thiazole rings is 1. The summed E-state index contributed by atoms with van der Waals surface area (Å²) in [6.07, 6.45) is 0.619. The monoisotopic (exact) mass is 696 g/mol. The molecule has 0 bridgehead atoms. The molecular weight excluding hydrogens is 668 g/mol. The highest BCUT2D eigenvalue weighted by Crippen LogP contribution is 2.44. The number of benzene rings is 2. The predicted octanol–water partition coefficient (Wildman–Crippen LogP) is 3.68. The van der Waals surface area contributed by atoms with E-state index in [1.165, 1.54) is 42.5 Å². The maximum Gasteiger partial charge on any atom is 0.356 e. The number of hydrogen-bond acceptors (Lipinski definition) is 12. The van der Waals surface area contributed by atoms with Crippen LogP contribution in [0.1, 0.15) is 29.8 Å². The summed E-state index contributed by atoms with van der Waals surface area (Å²) >= 11 is 7.95. The van der Waals surface area contributed by atoms with Gasteiger partial charge in [0, 0.05) is 16.2 Å². The smallest absolute Gasteiger partial charge is 0.356 e. The summed E-state index contributed by atoms with van der Waals surface area (Å²) in [5.74, 6) is -2.77. The van der Waals surface area contributed by atoms with E-state index in [2.05, 4.69) is 25.9 Å². The normalized spacial score (nSPS) is 19.3. The molecule has 3 atom stereocenters. The number of halogens is 1. The molecule has 1 saturated heterocycles. The maximum absolute atomic E-state index is 14.1. The van der Waals surface area contributed by atoms with Crippen molar-refractivity contribution in [3.63, 3.8) is 0 Å². The Hall–Kier alpha value is -4.73. The average molecular weight is 697 g/mol. The van der Waals surface area contributed by atoms with Gasteiger partial charge >= 0.3 is 5.97 Å². The summed E-state index contributed by atoms with van der Waals surface area (Å²) in [4.78, 5) is 68.1. The predicted molar refractivity (Wildman–Crippen MR) is 178 cm³/mol. The van der Waals surface area contributed by atoms with E-state index in [4.69, 9.17) is 26.0 Å². The Morgan fingerprint density at radius 1 is 1.06 bits per heavy atom. The van der Waals surface area contributed by atoms with Gasteiger partial charge in [0.25, 0.3) is 11.8 Å². The Kier molecular flexibility index (Phi) is 10.9. The van der Waals surface area contributed by atoms with E-state index >= 15 is 0 Å². The van der Waals surface area contributed by atoms with E-state index in [1.807, 2.05) is 67.6 Å². The van der Waals surface area contributed by atoms with Crippen LogP contribution < -0.4 is 10.6 Å². The zero-order valence-electron chi connectivity index (χ0n) is 25.3. The third-order valence-corrected chi connectivity index (χ3v) is 9.48. The van der Waals surface area contributed by atoms with Crippen molar-refractivity contribution in [2.75, 3.05) is 25.4 Å². The van der Waals surface area contributed by atoms with Gasteiger partial charge in [-0.05, 0) is 18.1 Å². The molecule has 0 aliphatic carbocycles. The van der Waals surface area contributed by atoms with Crippen molar-refractivity contribution in [1.82, 2.24) is 15.2 Å². The molecule has 3 heterocycles. The number of carbonyl (C=O) groups excluding carboxylic acids is 4. The molecule has 2 aliphatic heterocycles. The summed E-state index contributed by atoms with van der Waals surface area (Å²) in [6, 6.07) is 17.5. The zero-order valence-corrected chi connectivity index (χ0v) is 27.7. The minimum Gasteiger partial charge on any atom is -0.448 e. The van der Waals surface area contributed by atoms with E-state index in [0.717, 1.165) is 22.5 Å². The lowest BCUT2D eigenvalue weighted by Gasteiger charge is -2.50. The van der Waals surface area contributed by atoms with Crippen LogP contribution in [-0.4, -0.2) is 82.3 Å². The van der Waals surface area contributed by atoms with E-state index in [9.17, 15) is 19.2 Å². The Morgan fingerprint density at radius 3 is 2.32 bits per heavy atom. The third kappa shape index (κ3) is 7.32. The number of ether oxygens (including phenoxy) is 1. The van der Waals surface area contributed by atoms with Gasteiger partial charge in [-0.15, -0.1) is 34.7 Å². The first-order chi connectivity index (χ1) is 22.8. The number of rotatable bonds is 12. The maximum atomic E-state index is 14.1. The standard InChI is InChI=1S/C31H29ClN6O7S2/c1-17-20(15-33-43-2)25(30(42)45-26(18-10-6-4-7-11-18)19-12-8-5-9-13-19)38-28(41)24(29(38)47-17)36-27(40)23(37-44-3)21-16-46-31(34-21)35-22(39)14-32/h4-13,15-17,24,26,29H,14H2,1-3H3,(H,36,40)(H,34,35,39)/b33-15?,37-23+/t17-,24?,29-/m1/s1. The number of β-lactam (4-membered cyclic amide) rings is 1. The second-order valence-corrected chi connectivity index (χ2v) is 12.6. The molecule has 1 unspecified atom stereocenters. The van der Waals surface area contributed by atoms with Gasteiger partial charge in [-0.3, -0.25) is 19.3 Å². The van der Waals surface area contributed by atoms with Gasteiger partial charge in [0.15, 0.2) is 16.9 Å². The molecule has 47 heavy (non-hydrogen) atoms. The van der Waals surface area contributed by atoms with Crippen molar-refractivity contribution < 1.29 is 33.6 Å². The van der Waals surface area contributed by atoms with Crippen LogP contribution in [0.3, 0.4) is 0 Å². The number of esters is 1. The molecule has 16 heteroatoms. The van der Waals surface area contributed by atoms with Gasteiger partial charge < -0.3 is 25.0 Å². The van der Waals surface area contributed by atoms with Crippen molar-refractivity contribution in [2.24, 2.45) is 10.3 Å². The van der Waals surface area contributed by atoms with Crippen LogP contribution in [0.4, 0.5) is 5.13 Å². The van der Waals surface area contributed by atoms with Crippen LogP contribution in [0, 0.1) is 0 Å². The quantitative estimate of drug-likeness (QED) is 0.0947. The van der Waals surface area contributed by atoms with Crippen molar-refractivity contribution in [3.05, 3.63) is 94.1 Å². The lowest BCUT2D eigenvalue weighted by molar-refractivity contribution is -0.154. The summed E-state index contributed by atoms with van der Waals surface area (Å²) < 4.78 is 6.13. The molecule has 13 nitrogen and oxygen atoms in total. The fourth-order valence-corrected chi connectivity index (χ4v) is 7.11. The SMILES string of the molecule is CON=CC1=C(C(=O)OC(c2ccccc2)c2ccccc2)N2C(=O)C(NC(=O)/C(=N/OC)c3csc(NC(=O)CCl)n3)[C@H]2S[C@@H]1C. The molecule has 0 spiro atoms. The lowest BCUT2D eigenvalue weighted by atomic mass is 9.99. The van der Waals surface area contributed by atoms with Crippen LogP contribution in [0.25, 0.3) is 0 Å². The Morgan fingerprint density at radius 2 is 1.72 bits per heavy atom. The molecule has 0 radical (unpaired) electrons. The highest BCUT2D eigenvalue weighted by Gasteiger charge is 2.56. The van der Waals surface area contributed by atoms with Gasteiger partial charge in [0.1, 0.15) is 42.9 Å². The number of nitrogens with one attached hydrogen (secondary N) is 2. The first kappa shape index (κ1) is 33.6. The Bertz CT molecular complexity index is 1690. The summed E-state index contributed by atoms with van der Waals surface area (Å²) in [5, 5.41) is 13.6. The summed E-state index contributed by atoms with van der Waals surface area (Å²) in [7, 11) is 2.63. The van der Waals surface area contributed by atoms with Gasteiger partial charge in [0.2, 0.25) is 5.91 Å². The molecule has 2 aliphatic rings. The number of amides is 3. The first-order valence-corrected chi connectivity index (χ1v) is 16.5. The number of aromatic nitrogens is 1. The van der Waals surface area contributed by atoms with Crippen LogP contribution in [0.15, 0.2) is 87.6 Å². The number of alkyl halides is 1. The van der Waals surface area contributed by atoms with Gasteiger partial charge in [-0.1, -0.05) is 71.0 Å². The van der Waals surface area contributed by atoms with E-state index in [1.54, 1.807) is 0 Å². The minimum atomic E-state index is -1.02. The average Bonchev–Trinajstić information content (AvgIpc) is 3.55. The Labute approximate surface area is 283 Å². The van der Waals surface area contributed by atoms with Crippen molar-refractivity contribution in [2.45, 2.75) is 29.7 Å². The number of nitrogens with zero attached hydrogens (tertiary/aromatic N) is 4. The van der Waals surface area contributed by atoms with Gasteiger partial charge in [0.05, 0.1) is 6.21 Å². The minimum absolute atomic E-state index is 0.000584. The molecule has 1 aromatic heterocycles. The third-order valence-electron chi connectivity index (χ3n) is 7.06. The number of anilines is 1. The van der Waals surface area contributed by atoms with E-state index in [0.29, 0.717) is 5.57 Å². The number of fused-ring (bicyclic) bond motifs is 1. The number of hydrogen-bond donors (Lipinski definition) is 2. The van der Waals surface area contributed by atoms with Gasteiger partial charge in [-0.2, -0.15) is 0 Å².